The molecular formula is C30H29F5N2O2. The van der Waals surface area contributed by atoms with Gasteiger partial charge in [0.15, 0.2) is 23.1 Å². The van der Waals surface area contributed by atoms with Crippen LogP contribution in [0.1, 0.15) is 50.2 Å². The highest BCUT2D eigenvalue weighted by Crippen LogP contribution is 2.29. The molecule has 0 bridgehead atoms. The van der Waals surface area contributed by atoms with Gasteiger partial charge in [-0.1, -0.05) is 62.9 Å². The molecule has 1 heterocycles. The summed E-state index contributed by atoms with van der Waals surface area (Å²) >= 11 is 0. The molecule has 1 aromatic heterocycles. The van der Waals surface area contributed by atoms with E-state index < -0.39 is 23.7 Å². The van der Waals surface area contributed by atoms with Crippen molar-refractivity contribution >= 4 is 10.8 Å². The minimum atomic E-state index is -4.98. The van der Waals surface area contributed by atoms with Crippen LogP contribution in [0.25, 0.3) is 22.2 Å². The summed E-state index contributed by atoms with van der Waals surface area (Å²) in [6.07, 6.45) is 4.53. The van der Waals surface area contributed by atoms with Gasteiger partial charge in [0.25, 0.3) is 0 Å². The molecule has 39 heavy (non-hydrogen) atoms. The number of rotatable bonds is 12. The van der Waals surface area contributed by atoms with Gasteiger partial charge in [-0.3, -0.25) is 0 Å². The predicted molar refractivity (Wildman–Crippen MR) is 140 cm³/mol. The summed E-state index contributed by atoms with van der Waals surface area (Å²) in [5.74, 6) is -1.33. The Morgan fingerprint density at radius 1 is 0.821 bits per heavy atom. The van der Waals surface area contributed by atoms with Crippen LogP contribution in [-0.2, 0) is 12.8 Å². The summed E-state index contributed by atoms with van der Waals surface area (Å²) in [5, 5.41) is 1.09. The monoisotopic (exact) mass is 544 g/mol. The number of hydrogen-bond acceptors (Lipinski definition) is 4. The van der Waals surface area contributed by atoms with Crippen LogP contribution < -0.4 is 9.47 Å². The molecule has 206 valence electrons. The van der Waals surface area contributed by atoms with Crippen molar-refractivity contribution in [3.05, 3.63) is 83.7 Å². The van der Waals surface area contributed by atoms with Gasteiger partial charge in [-0.2, -0.15) is 0 Å². The van der Waals surface area contributed by atoms with Crippen LogP contribution in [0.5, 0.6) is 11.5 Å². The van der Waals surface area contributed by atoms with Crippen LogP contribution in [0.3, 0.4) is 0 Å². The first-order chi connectivity index (χ1) is 18.7. The molecule has 0 fully saturated rings. The summed E-state index contributed by atoms with van der Waals surface area (Å²) in [4.78, 5) is 8.78. The zero-order valence-corrected chi connectivity index (χ0v) is 21.5. The zero-order chi connectivity index (χ0) is 27.8. The maximum Gasteiger partial charge on any atom is 0.573 e. The fourth-order valence-electron chi connectivity index (χ4n) is 4.29. The second kappa shape index (κ2) is 12.9. The quantitative estimate of drug-likeness (QED) is 0.132. The third-order valence-electron chi connectivity index (χ3n) is 6.34. The van der Waals surface area contributed by atoms with Gasteiger partial charge in [-0.25, -0.2) is 18.7 Å². The topological polar surface area (TPSA) is 44.2 Å². The van der Waals surface area contributed by atoms with Crippen LogP contribution in [0.4, 0.5) is 22.0 Å². The minimum absolute atomic E-state index is 0.241. The molecule has 0 aliphatic carbocycles. The third-order valence-corrected chi connectivity index (χ3v) is 6.34. The van der Waals surface area contributed by atoms with Crippen LogP contribution in [-0.4, -0.2) is 22.9 Å². The van der Waals surface area contributed by atoms with Gasteiger partial charge in [0.2, 0.25) is 0 Å². The lowest BCUT2D eigenvalue weighted by Crippen LogP contribution is -2.18. The van der Waals surface area contributed by atoms with Crippen molar-refractivity contribution in [1.29, 1.82) is 0 Å². The van der Waals surface area contributed by atoms with E-state index in [1.165, 1.54) is 25.3 Å². The van der Waals surface area contributed by atoms with Crippen LogP contribution in [0.2, 0.25) is 0 Å². The van der Waals surface area contributed by atoms with E-state index in [-0.39, 0.29) is 12.8 Å². The maximum absolute atomic E-state index is 15.2. The number of aryl methyl sites for hydroxylation is 2. The molecule has 0 aliphatic rings. The second-order valence-electron chi connectivity index (χ2n) is 9.29. The molecular weight excluding hydrogens is 515 g/mol. The molecule has 9 heteroatoms. The highest BCUT2D eigenvalue weighted by Gasteiger charge is 2.32. The molecule has 0 N–H and O–H groups in total. The number of aromatic nitrogens is 2. The Kier molecular flexibility index (Phi) is 9.32. The van der Waals surface area contributed by atoms with Gasteiger partial charge in [-0.15, -0.1) is 13.2 Å². The maximum atomic E-state index is 15.2. The van der Waals surface area contributed by atoms with E-state index in [1.54, 1.807) is 42.7 Å². The van der Waals surface area contributed by atoms with Crippen molar-refractivity contribution in [3.8, 4) is 22.9 Å². The van der Waals surface area contributed by atoms with E-state index >= 15 is 4.39 Å². The van der Waals surface area contributed by atoms with E-state index in [4.69, 9.17) is 4.74 Å². The average molecular weight is 545 g/mol. The first-order valence-corrected chi connectivity index (χ1v) is 12.9. The van der Waals surface area contributed by atoms with Crippen molar-refractivity contribution in [1.82, 2.24) is 9.97 Å². The Morgan fingerprint density at radius 3 is 2.31 bits per heavy atom. The fourth-order valence-corrected chi connectivity index (χ4v) is 4.29. The van der Waals surface area contributed by atoms with Gasteiger partial charge in [0.05, 0.1) is 19.0 Å². The summed E-state index contributed by atoms with van der Waals surface area (Å²) < 4.78 is 75.6. The molecule has 3 aromatic carbocycles. The van der Waals surface area contributed by atoms with Gasteiger partial charge >= 0.3 is 6.36 Å². The molecule has 4 rings (SSSR count). The Labute approximate surface area is 223 Å². The molecule has 4 aromatic rings. The first-order valence-electron chi connectivity index (χ1n) is 12.9. The van der Waals surface area contributed by atoms with Crippen molar-refractivity contribution in [2.24, 2.45) is 0 Å². The standard InChI is InChI=1S/C30H29F5N2O2/c1-2-3-4-5-6-15-38-24-18-36-29(37-19-24)23-12-13-25-22(17-23)11-10-21(28(25)32)9-7-20-8-14-27(26(31)16-20)39-30(33,34)35/h8,10-14,16-19H,2-7,9,15H2,1H3. The lowest BCUT2D eigenvalue weighted by molar-refractivity contribution is -0.275. The van der Waals surface area contributed by atoms with Gasteiger partial charge in [-0.05, 0) is 54.0 Å². The van der Waals surface area contributed by atoms with Crippen molar-refractivity contribution in [2.75, 3.05) is 6.61 Å². The van der Waals surface area contributed by atoms with Crippen LogP contribution in [0.15, 0.2) is 60.9 Å². The van der Waals surface area contributed by atoms with Crippen LogP contribution in [0, 0.1) is 11.6 Å². The average Bonchev–Trinajstić information content (AvgIpc) is 2.91. The normalized spacial score (nSPS) is 11.6. The van der Waals surface area contributed by atoms with Crippen molar-refractivity contribution < 1.29 is 31.4 Å². The summed E-state index contributed by atoms with van der Waals surface area (Å²) in [5.41, 5.74) is 1.58. The summed E-state index contributed by atoms with van der Waals surface area (Å²) in [6.45, 7) is 2.80. The first kappa shape index (κ1) is 28.3. The Morgan fingerprint density at radius 2 is 1.59 bits per heavy atom. The molecule has 0 unspecified atom stereocenters. The molecule has 0 radical (unpaired) electrons. The van der Waals surface area contributed by atoms with Crippen molar-refractivity contribution in [3.63, 3.8) is 0 Å². The molecule has 0 amide bonds. The Hall–Kier alpha value is -3.75. The fraction of sp³-hybridized carbons (Fsp3) is 0.333. The molecule has 0 spiro atoms. The molecule has 4 nitrogen and oxygen atoms in total. The van der Waals surface area contributed by atoms with Gasteiger partial charge in [0.1, 0.15) is 5.82 Å². The number of alkyl halides is 3. The number of nitrogens with zero attached hydrogens (tertiary/aromatic N) is 2. The number of unbranched alkanes of at least 4 members (excludes halogenated alkanes) is 4. The molecule has 0 saturated heterocycles. The zero-order valence-electron chi connectivity index (χ0n) is 21.5. The second-order valence-corrected chi connectivity index (χ2v) is 9.29. The number of fused-ring (bicyclic) bond motifs is 1. The van der Waals surface area contributed by atoms with Crippen molar-refractivity contribution in [2.45, 2.75) is 58.2 Å². The van der Waals surface area contributed by atoms with Crippen LogP contribution >= 0.6 is 0 Å². The minimum Gasteiger partial charge on any atom is -0.490 e. The smallest absolute Gasteiger partial charge is 0.490 e. The highest BCUT2D eigenvalue weighted by atomic mass is 19.4. The lowest BCUT2D eigenvalue weighted by atomic mass is 9.99. The number of halogens is 5. The molecule has 0 saturated carbocycles. The lowest BCUT2D eigenvalue weighted by Gasteiger charge is -2.11. The summed E-state index contributed by atoms with van der Waals surface area (Å²) in [6, 6.07) is 11.9. The Bertz CT molecular complexity index is 1390. The van der Waals surface area contributed by atoms with E-state index in [1.807, 2.05) is 0 Å². The van der Waals surface area contributed by atoms with E-state index in [9.17, 15) is 17.6 Å². The van der Waals surface area contributed by atoms with Gasteiger partial charge in [0, 0.05) is 10.9 Å². The predicted octanol–water partition coefficient (Wildman–Crippen LogP) is 8.61. The number of hydrogen-bond donors (Lipinski definition) is 0. The Balaban J connectivity index is 1.39. The SMILES string of the molecule is CCCCCCCOc1cnc(-c2ccc3c(F)c(CCc4ccc(OC(F)(F)F)c(F)c4)ccc3c2)nc1. The number of ether oxygens (including phenoxy) is 2. The molecule has 0 atom stereocenters. The van der Waals surface area contributed by atoms with E-state index in [0.29, 0.717) is 40.1 Å². The molecule has 0 aliphatic heterocycles. The third kappa shape index (κ3) is 7.88. The summed E-state index contributed by atoms with van der Waals surface area (Å²) in [7, 11) is 0. The van der Waals surface area contributed by atoms with E-state index in [2.05, 4.69) is 21.6 Å². The van der Waals surface area contributed by atoms with E-state index in [0.717, 1.165) is 30.5 Å². The van der Waals surface area contributed by atoms with Gasteiger partial charge < -0.3 is 9.47 Å². The highest BCUT2D eigenvalue weighted by molar-refractivity contribution is 5.87. The largest absolute Gasteiger partial charge is 0.573 e. The number of benzene rings is 3.